The molecule has 0 aliphatic carbocycles. The summed E-state index contributed by atoms with van der Waals surface area (Å²) < 4.78 is 66.8. The highest BCUT2D eigenvalue weighted by Crippen LogP contribution is 2.24. The first-order chi connectivity index (χ1) is 10.6. The minimum atomic E-state index is -4.13. The molecule has 0 aliphatic rings. The van der Waals surface area contributed by atoms with E-state index in [9.17, 15) is 21.2 Å². The first-order valence-corrected chi connectivity index (χ1v) is 9.93. The van der Waals surface area contributed by atoms with Gasteiger partial charge in [-0.25, -0.2) is 25.9 Å². The van der Waals surface area contributed by atoms with Gasteiger partial charge in [-0.2, -0.15) is 0 Å². The minimum Gasteiger partial charge on any atom is -0.411 e. The Morgan fingerprint density at radius 2 is 1.96 bits per heavy atom. The van der Waals surface area contributed by atoms with Crippen molar-refractivity contribution in [2.75, 3.05) is 6.26 Å². The van der Waals surface area contributed by atoms with Crippen LogP contribution in [0, 0.1) is 5.82 Å². The monoisotopic (exact) mass is 383 g/mol. The predicted molar refractivity (Wildman–Crippen MR) is 78.3 cm³/mol. The molecule has 0 aliphatic heterocycles. The number of nitrogens with zero attached hydrogens (tertiary/aromatic N) is 2. The van der Waals surface area contributed by atoms with Crippen LogP contribution < -0.4 is 4.72 Å². The maximum absolute atomic E-state index is 13.7. The van der Waals surface area contributed by atoms with Crippen LogP contribution in [0.4, 0.5) is 4.39 Å². The number of hydrogen-bond donors (Lipinski definition) is 1. The molecule has 8 nitrogen and oxygen atoms in total. The van der Waals surface area contributed by atoms with Crippen molar-refractivity contribution in [3.05, 3.63) is 40.5 Å². The first kappa shape index (κ1) is 17.8. The lowest BCUT2D eigenvalue weighted by molar-refractivity contribution is 0.393. The Morgan fingerprint density at radius 1 is 1.26 bits per heavy atom. The molecule has 1 aromatic heterocycles. The fraction of sp³-hybridized carbons (Fsp3) is 0.273. The normalized spacial score (nSPS) is 12.5. The second-order valence-corrected chi connectivity index (χ2v) is 8.62. The van der Waals surface area contributed by atoms with Crippen LogP contribution in [0.1, 0.15) is 11.5 Å². The second-order valence-electron chi connectivity index (χ2n) is 4.51. The third-order valence-electron chi connectivity index (χ3n) is 2.60. The molecule has 126 valence electrons. The van der Waals surface area contributed by atoms with Gasteiger partial charge in [0.15, 0.2) is 0 Å². The number of nitrogens with one attached hydrogen (secondary N) is 1. The molecule has 2 aromatic rings. The number of hydrogen-bond acceptors (Lipinski definition) is 7. The molecule has 0 bridgehead atoms. The number of rotatable bonds is 6. The van der Waals surface area contributed by atoms with E-state index in [4.69, 9.17) is 16.0 Å². The van der Waals surface area contributed by atoms with Crippen LogP contribution >= 0.6 is 11.6 Å². The van der Waals surface area contributed by atoms with E-state index < -0.39 is 36.7 Å². The number of sulfonamides is 1. The van der Waals surface area contributed by atoms with E-state index in [1.807, 2.05) is 0 Å². The van der Waals surface area contributed by atoms with Crippen LogP contribution in [0.3, 0.4) is 0 Å². The van der Waals surface area contributed by atoms with Gasteiger partial charge in [0, 0.05) is 10.6 Å². The summed E-state index contributed by atoms with van der Waals surface area (Å²) in [6.07, 6.45) is 0.918. The highest BCUT2D eigenvalue weighted by molar-refractivity contribution is 7.90. The first-order valence-electron chi connectivity index (χ1n) is 6.01. The second kappa shape index (κ2) is 6.51. The van der Waals surface area contributed by atoms with Crippen molar-refractivity contribution in [2.24, 2.45) is 0 Å². The quantitative estimate of drug-likeness (QED) is 0.786. The van der Waals surface area contributed by atoms with Crippen LogP contribution in [0.2, 0.25) is 5.02 Å². The van der Waals surface area contributed by atoms with Gasteiger partial charge in [-0.1, -0.05) is 22.8 Å². The van der Waals surface area contributed by atoms with Gasteiger partial charge in [0.2, 0.25) is 25.8 Å². The standard InChI is InChI=1S/C11H11ClFN3O5S2/c1-22(17,18)14-5-10-15-16-11(21-10)23(19,20)6-7-8(12)3-2-4-9(7)13/h2-4,14H,5-6H2,1H3. The summed E-state index contributed by atoms with van der Waals surface area (Å²) in [5.74, 6) is -1.78. The maximum atomic E-state index is 13.7. The van der Waals surface area contributed by atoms with Crippen LogP contribution in [0.15, 0.2) is 27.8 Å². The van der Waals surface area contributed by atoms with Gasteiger partial charge in [0.05, 0.1) is 18.6 Å². The lowest BCUT2D eigenvalue weighted by Crippen LogP contribution is -2.21. The van der Waals surface area contributed by atoms with Crippen molar-refractivity contribution in [2.45, 2.75) is 17.5 Å². The van der Waals surface area contributed by atoms with Crippen LogP contribution in [0.25, 0.3) is 0 Å². The van der Waals surface area contributed by atoms with E-state index in [1.165, 1.54) is 12.1 Å². The Bertz CT molecular complexity index is 907. The van der Waals surface area contributed by atoms with Crippen LogP contribution in [-0.4, -0.2) is 33.3 Å². The van der Waals surface area contributed by atoms with Gasteiger partial charge in [0.1, 0.15) is 5.82 Å². The summed E-state index contributed by atoms with van der Waals surface area (Å²) in [7, 11) is -7.64. The molecule has 0 saturated heterocycles. The summed E-state index contributed by atoms with van der Waals surface area (Å²) in [5.41, 5.74) is -0.219. The maximum Gasteiger partial charge on any atom is 0.335 e. The van der Waals surface area contributed by atoms with Gasteiger partial charge >= 0.3 is 5.22 Å². The van der Waals surface area contributed by atoms with Crippen molar-refractivity contribution in [3.8, 4) is 0 Å². The smallest absolute Gasteiger partial charge is 0.335 e. The number of halogens is 2. The molecule has 12 heteroatoms. The fourth-order valence-electron chi connectivity index (χ4n) is 1.55. The van der Waals surface area contributed by atoms with Gasteiger partial charge < -0.3 is 4.42 Å². The minimum absolute atomic E-state index is 0.0490. The fourth-order valence-corrected chi connectivity index (χ4v) is 3.43. The molecule has 0 radical (unpaired) electrons. The van der Waals surface area contributed by atoms with Crippen molar-refractivity contribution in [3.63, 3.8) is 0 Å². The molecule has 0 atom stereocenters. The van der Waals surface area contributed by atoms with Crippen molar-refractivity contribution in [1.29, 1.82) is 0 Å². The van der Waals surface area contributed by atoms with Gasteiger partial charge in [-0.3, -0.25) is 0 Å². The Hall–Kier alpha value is -1.56. The van der Waals surface area contributed by atoms with E-state index in [1.54, 1.807) is 0 Å². The van der Waals surface area contributed by atoms with E-state index in [0.29, 0.717) is 0 Å². The number of benzene rings is 1. The van der Waals surface area contributed by atoms with E-state index in [0.717, 1.165) is 12.3 Å². The average Bonchev–Trinajstić information content (AvgIpc) is 2.90. The van der Waals surface area contributed by atoms with Crippen molar-refractivity contribution >= 4 is 31.5 Å². The molecule has 1 aromatic carbocycles. The zero-order valence-corrected chi connectivity index (χ0v) is 14.0. The van der Waals surface area contributed by atoms with Crippen molar-refractivity contribution < 1.29 is 25.6 Å². The van der Waals surface area contributed by atoms with E-state index >= 15 is 0 Å². The summed E-state index contributed by atoms with van der Waals surface area (Å²) in [5, 5.41) is 5.96. The highest BCUT2D eigenvalue weighted by Gasteiger charge is 2.26. The van der Waals surface area contributed by atoms with E-state index in [-0.39, 0.29) is 23.0 Å². The lowest BCUT2D eigenvalue weighted by atomic mass is 10.2. The third kappa shape index (κ3) is 4.70. The van der Waals surface area contributed by atoms with Crippen LogP contribution in [-0.2, 0) is 32.2 Å². The number of aromatic nitrogens is 2. The van der Waals surface area contributed by atoms with Gasteiger partial charge in [-0.05, 0) is 12.1 Å². The van der Waals surface area contributed by atoms with E-state index in [2.05, 4.69) is 14.9 Å². The number of sulfone groups is 1. The van der Waals surface area contributed by atoms with Crippen molar-refractivity contribution in [1.82, 2.24) is 14.9 Å². The zero-order valence-electron chi connectivity index (χ0n) is 11.7. The Kier molecular flexibility index (Phi) is 5.04. The SMILES string of the molecule is CS(=O)(=O)NCc1nnc(S(=O)(=O)Cc2c(F)cccc2Cl)o1. The summed E-state index contributed by atoms with van der Waals surface area (Å²) in [6.45, 7) is -0.359. The third-order valence-corrected chi connectivity index (χ3v) is 4.98. The molecule has 1 heterocycles. The molecule has 23 heavy (non-hydrogen) atoms. The zero-order chi connectivity index (χ0) is 17.3. The largest absolute Gasteiger partial charge is 0.411 e. The molecule has 0 fully saturated rings. The van der Waals surface area contributed by atoms with Gasteiger partial charge in [0.25, 0.3) is 0 Å². The Labute approximate surface area is 136 Å². The van der Waals surface area contributed by atoms with Gasteiger partial charge in [-0.15, -0.1) is 5.10 Å². The average molecular weight is 384 g/mol. The summed E-state index contributed by atoms with van der Waals surface area (Å²) in [4.78, 5) is 0. The topological polar surface area (TPSA) is 119 Å². The van der Waals surface area contributed by atoms with Crippen LogP contribution in [0.5, 0.6) is 0 Å². The molecule has 0 saturated carbocycles. The highest BCUT2D eigenvalue weighted by atomic mass is 35.5. The molecule has 0 spiro atoms. The summed E-state index contributed by atoms with van der Waals surface area (Å²) >= 11 is 5.78. The molecular weight excluding hydrogens is 373 g/mol. The molecule has 0 unspecified atom stereocenters. The molecular formula is C11H11ClFN3O5S2. The molecule has 1 N–H and O–H groups in total. The molecule has 2 rings (SSSR count). The predicted octanol–water partition coefficient (Wildman–Crippen LogP) is 0.885. The molecule has 0 amide bonds. The summed E-state index contributed by atoms with van der Waals surface area (Å²) in [6, 6.07) is 3.77. The Morgan fingerprint density at radius 3 is 2.57 bits per heavy atom. The lowest BCUT2D eigenvalue weighted by Gasteiger charge is -2.04. The Balaban J connectivity index is 2.22.